The number of rotatable bonds is 12. The maximum atomic E-state index is 12.9. The molecule has 0 spiro atoms. The number of benzene rings is 2. The number of nitrogens with two attached hydrogens (primary N) is 1. The number of carbonyl (C=O) groups excluding carboxylic acids is 2. The third kappa shape index (κ3) is 11.8. The summed E-state index contributed by atoms with van der Waals surface area (Å²) in [5.41, 5.74) is 6.56. The Bertz CT molecular complexity index is 1280. The molecule has 0 aliphatic rings. The van der Waals surface area contributed by atoms with E-state index < -0.39 is 42.8 Å². The van der Waals surface area contributed by atoms with Crippen LogP contribution in [0.3, 0.4) is 0 Å². The molecule has 0 aliphatic carbocycles. The molecule has 0 aliphatic heterocycles. The molecule has 2 unspecified atom stereocenters. The first kappa shape index (κ1) is 34.1. The zero-order valence-corrected chi connectivity index (χ0v) is 24.0. The molecule has 0 heterocycles. The quantitative estimate of drug-likeness (QED) is 0.282. The Morgan fingerprint density at radius 2 is 1.36 bits per heavy atom. The summed E-state index contributed by atoms with van der Waals surface area (Å²) >= 11 is 0. The molecule has 3 N–H and O–H groups in total. The minimum absolute atomic E-state index is 0.214. The van der Waals surface area contributed by atoms with Crippen LogP contribution in [0, 0.1) is 11.3 Å². The Morgan fingerprint density at radius 1 is 0.923 bits per heavy atom. The highest BCUT2D eigenvalue weighted by Crippen LogP contribution is 2.31. The van der Waals surface area contributed by atoms with E-state index in [1.165, 1.54) is 36.4 Å². The number of nitrogens with one attached hydrogen (secondary N) is 1. The number of amides is 1. The molecule has 0 bridgehead atoms. The van der Waals surface area contributed by atoms with E-state index >= 15 is 0 Å². The molecule has 0 saturated carbocycles. The molecule has 1 amide bonds. The fourth-order valence-corrected chi connectivity index (χ4v) is 4.77. The van der Waals surface area contributed by atoms with Crippen molar-refractivity contribution in [2.24, 2.45) is 17.1 Å². The summed E-state index contributed by atoms with van der Waals surface area (Å²) < 4.78 is 72.7. The van der Waals surface area contributed by atoms with Crippen LogP contribution in [-0.2, 0) is 47.6 Å². The van der Waals surface area contributed by atoms with E-state index in [4.69, 9.17) is 10.5 Å². The third-order valence-corrected chi connectivity index (χ3v) is 7.45. The maximum absolute atomic E-state index is 12.9. The smallest absolute Gasteiger partial charge is 0.332 e. The molecule has 218 valence electrons. The lowest BCUT2D eigenvalue weighted by atomic mass is 9.76. The van der Waals surface area contributed by atoms with Crippen LogP contribution in [0.15, 0.2) is 58.3 Å². The monoisotopic (exact) mass is 590 g/mol. The van der Waals surface area contributed by atoms with E-state index in [0.717, 1.165) is 11.1 Å². The number of hydrogen-bond donors (Lipinski definition) is 2. The van der Waals surface area contributed by atoms with Gasteiger partial charge in [0.15, 0.2) is 0 Å². The molecule has 2 aromatic rings. The highest BCUT2D eigenvalue weighted by Gasteiger charge is 2.38. The third-order valence-electron chi connectivity index (χ3n) is 5.78. The van der Waals surface area contributed by atoms with Crippen molar-refractivity contribution in [3.05, 3.63) is 59.7 Å². The Morgan fingerprint density at radius 3 is 1.69 bits per heavy atom. The van der Waals surface area contributed by atoms with Crippen molar-refractivity contribution in [3.63, 3.8) is 0 Å². The van der Waals surface area contributed by atoms with Gasteiger partial charge in [-0.2, -0.15) is 16.8 Å². The summed E-state index contributed by atoms with van der Waals surface area (Å²) in [5.74, 6) is -0.717. The molecule has 0 aromatic heterocycles. The van der Waals surface area contributed by atoms with E-state index in [0.29, 0.717) is 38.8 Å². The second kappa shape index (κ2) is 15.0. The molecule has 39 heavy (non-hydrogen) atoms. The van der Waals surface area contributed by atoms with Gasteiger partial charge in [-0.3, -0.25) is 9.59 Å². The lowest BCUT2D eigenvalue weighted by Gasteiger charge is -2.34. The van der Waals surface area contributed by atoms with Crippen LogP contribution in [0.25, 0.3) is 0 Å². The Hall–Kier alpha value is -2.90. The van der Waals surface area contributed by atoms with Crippen molar-refractivity contribution in [2.45, 2.75) is 62.9 Å². The van der Waals surface area contributed by atoms with E-state index in [2.05, 4.69) is 5.32 Å². The van der Waals surface area contributed by atoms with Gasteiger partial charge >= 0.3 is 20.4 Å². The van der Waals surface area contributed by atoms with Gasteiger partial charge in [-0.1, -0.05) is 52.0 Å². The van der Waals surface area contributed by atoms with Crippen LogP contribution in [0.4, 0.5) is 7.77 Å². The highest BCUT2D eigenvalue weighted by atomic mass is 32.3. The van der Waals surface area contributed by atoms with Crippen LogP contribution in [0.2, 0.25) is 0 Å². The van der Waals surface area contributed by atoms with Gasteiger partial charge in [-0.15, -0.1) is 7.77 Å². The van der Waals surface area contributed by atoms with Crippen molar-refractivity contribution in [3.8, 4) is 0 Å². The number of halogens is 2. The first-order valence-corrected chi connectivity index (χ1v) is 14.9. The van der Waals surface area contributed by atoms with Gasteiger partial charge in [0.05, 0.1) is 15.7 Å². The van der Waals surface area contributed by atoms with Gasteiger partial charge in [0.2, 0.25) is 5.91 Å². The average molecular weight is 591 g/mol. The average Bonchev–Trinajstić information content (AvgIpc) is 2.83. The summed E-state index contributed by atoms with van der Waals surface area (Å²) in [5, 5.41) is 2.83. The van der Waals surface area contributed by atoms with Crippen molar-refractivity contribution in [1.82, 2.24) is 5.32 Å². The molecule has 0 fully saturated rings. The molecular formula is C26H36F2N2O7S2. The number of carbonyl (C=O) groups is 2. The molecule has 2 rings (SSSR count). The standard InChI is InChI=1S/C18H26FNO5S.C8H10FNO2S/c1-5-15(25-12-21)16(18(2,3)4)17(22)20-11-10-13-6-8-14(9-7-13)26(19,23)24;9-13(11,12)8-3-1-7(2-4-8)5-6-10/h6-9,12,15-16H,5,10-11H2,1-4H3,(H,20,22);1-4H,5-6,10H2. The summed E-state index contributed by atoms with van der Waals surface area (Å²) in [6, 6.07) is 11.0. The first-order valence-electron chi connectivity index (χ1n) is 12.2. The predicted octanol–water partition coefficient (Wildman–Crippen LogP) is 3.46. The second-order valence-corrected chi connectivity index (χ2v) is 12.5. The van der Waals surface area contributed by atoms with Gasteiger partial charge in [0.25, 0.3) is 6.47 Å². The van der Waals surface area contributed by atoms with Crippen LogP contribution >= 0.6 is 0 Å². The predicted molar refractivity (Wildman–Crippen MR) is 143 cm³/mol. The van der Waals surface area contributed by atoms with Crippen LogP contribution in [0.5, 0.6) is 0 Å². The van der Waals surface area contributed by atoms with E-state index in [9.17, 15) is 34.2 Å². The Balaban J connectivity index is 0.000000487. The van der Waals surface area contributed by atoms with E-state index in [1.54, 1.807) is 12.1 Å². The molecule has 13 heteroatoms. The largest absolute Gasteiger partial charge is 0.464 e. The van der Waals surface area contributed by atoms with E-state index in [1.807, 2.05) is 27.7 Å². The van der Waals surface area contributed by atoms with E-state index in [-0.39, 0.29) is 10.8 Å². The minimum Gasteiger partial charge on any atom is -0.464 e. The topological polar surface area (TPSA) is 150 Å². The van der Waals surface area contributed by atoms with Gasteiger partial charge in [0, 0.05) is 6.54 Å². The van der Waals surface area contributed by atoms with Crippen molar-refractivity contribution in [2.75, 3.05) is 13.1 Å². The molecule has 0 saturated heterocycles. The molecular weight excluding hydrogens is 554 g/mol. The lowest BCUT2D eigenvalue weighted by molar-refractivity contribution is -0.146. The highest BCUT2D eigenvalue weighted by molar-refractivity contribution is 7.86. The van der Waals surface area contributed by atoms with Crippen LogP contribution in [0.1, 0.15) is 45.2 Å². The van der Waals surface area contributed by atoms with Gasteiger partial charge in [-0.05, 0) is 66.6 Å². The van der Waals surface area contributed by atoms with Crippen LogP contribution < -0.4 is 11.1 Å². The number of hydrogen-bond acceptors (Lipinski definition) is 8. The molecule has 2 aromatic carbocycles. The minimum atomic E-state index is -4.71. The fraction of sp³-hybridized carbons (Fsp3) is 0.462. The van der Waals surface area contributed by atoms with Crippen molar-refractivity contribution < 1.29 is 38.9 Å². The second-order valence-electron chi connectivity index (χ2n) is 9.77. The van der Waals surface area contributed by atoms with Crippen LogP contribution in [-0.4, -0.2) is 48.4 Å². The maximum Gasteiger partial charge on any atom is 0.332 e. The zero-order chi connectivity index (χ0) is 29.9. The van der Waals surface area contributed by atoms with Gasteiger partial charge < -0.3 is 15.8 Å². The Labute approximate surface area is 229 Å². The van der Waals surface area contributed by atoms with Gasteiger partial charge in [0.1, 0.15) is 6.10 Å². The van der Waals surface area contributed by atoms with Crippen molar-refractivity contribution >= 4 is 32.8 Å². The molecule has 2 atom stereocenters. The SMILES string of the molecule is CCC(OC=O)C(C(=O)NCCc1ccc(S(=O)(=O)F)cc1)C(C)(C)C.NCCc1ccc(S(=O)(=O)F)cc1. The summed E-state index contributed by atoms with van der Waals surface area (Å²) in [6.07, 6.45) is 1.13. The lowest BCUT2D eigenvalue weighted by Crippen LogP contribution is -2.46. The van der Waals surface area contributed by atoms with Gasteiger partial charge in [-0.25, -0.2) is 0 Å². The summed E-state index contributed by atoms with van der Waals surface area (Å²) in [6.45, 7) is 8.74. The molecule has 9 nitrogen and oxygen atoms in total. The van der Waals surface area contributed by atoms with Crippen molar-refractivity contribution in [1.29, 1.82) is 0 Å². The zero-order valence-electron chi connectivity index (χ0n) is 22.4. The fourth-order valence-electron chi connectivity index (χ4n) is 3.85. The molecule has 0 radical (unpaired) electrons. The summed E-state index contributed by atoms with van der Waals surface area (Å²) in [7, 11) is -9.28. The summed E-state index contributed by atoms with van der Waals surface area (Å²) in [4.78, 5) is 22.6. The number of ether oxygens (including phenoxy) is 1. The Kier molecular flexibility index (Phi) is 13.2. The first-order chi connectivity index (χ1) is 18.0. The normalized spacial score (nSPS) is 13.4.